The van der Waals surface area contributed by atoms with Crippen LogP contribution in [0.5, 0.6) is 0 Å². The maximum atomic E-state index is 12.1. The lowest BCUT2D eigenvalue weighted by atomic mass is 10.2. The molecule has 0 saturated heterocycles. The van der Waals surface area contributed by atoms with Crippen molar-refractivity contribution in [3.8, 4) is 0 Å². The van der Waals surface area contributed by atoms with Crippen molar-refractivity contribution in [2.45, 2.75) is 45.3 Å². The number of halogens is 3. The normalized spacial score (nSPS) is 12.5. The van der Waals surface area contributed by atoms with Crippen LogP contribution in [0.1, 0.15) is 37.3 Å². The van der Waals surface area contributed by atoms with Crippen molar-refractivity contribution in [1.82, 2.24) is 25.4 Å². The van der Waals surface area contributed by atoms with Gasteiger partial charge in [0.1, 0.15) is 12.4 Å². The zero-order valence-corrected chi connectivity index (χ0v) is 15.0. The van der Waals surface area contributed by atoms with Gasteiger partial charge in [-0.25, -0.2) is 4.99 Å². The number of aliphatic imine (C=N–C) groups is 1. The molecule has 0 aliphatic carbocycles. The number of hydrogen-bond acceptors (Lipinski definition) is 4. The van der Waals surface area contributed by atoms with Gasteiger partial charge >= 0.3 is 6.18 Å². The molecule has 1 rings (SSSR count). The molecule has 10 heteroatoms. The highest BCUT2D eigenvalue weighted by molar-refractivity contribution is 5.79. The largest absolute Gasteiger partial charge is 0.389 e. The molecule has 0 spiro atoms. The number of ether oxygens (including phenoxy) is 1. The molecule has 0 aliphatic heterocycles. The van der Waals surface area contributed by atoms with E-state index in [0.29, 0.717) is 44.4 Å². The van der Waals surface area contributed by atoms with Crippen molar-refractivity contribution < 1.29 is 17.9 Å². The van der Waals surface area contributed by atoms with Crippen molar-refractivity contribution in [3.63, 3.8) is 0 Å². The van der Waals surface area contributed by atoms with E-state index in [2.05, 4.69) is 25.8 Å². The van der Waals surface area contributed by atoms with Gasteiger partial charge in [0.25, 0.3) is 0 Å². The molecule has 0 amide bonds. The van der Waals surface area contributed by atoms with Gasteiger partial charge in [-0.2, -0.15) is 13.2 Å². The Hall–Kier alpha value is -1.84. The van der Waals surface area contributed by atoms with Gasteiger partial charge in [-0.3, -0.25) is 0 Å². The van der Waals surface area contributed by atoms with E-state index in [-0.39, 0.29) is 6.42 Å². The monoisotopic (exact) mass is 364 g/mol. The topological polar surface area (TPSA) is 76.4 Å². The summed E-state index contributed by atoms with van der Waals surface area (Å²) in [6.45, 7) is 3.88. The van der Waals surface area contributed by atoms with E-state index >= 15 is 0 Å². The Morgan fingerprint density at radius 2 is 1.84 bits per heavy atom. The number of nitrogens with zero attached hydrogens (tertiary/aromatic N) is 4. The number of nitrogens with one attached hydrogen (secondary N) is 2. The lowest BCUT2D eigenvalue weighted by Gasteiger charge is -2.13. The zero-order chi connectivity index (χ0) is 18.7. The number of aromatic nitrogens is 3. The van der Waals surface area contributed by atoms with E-state index in [9.17, 15) is 13.2 Å². The van der Waals surface area contributed by atoms with Crippen LogP contribution in [0.4, 0.5) is 13.2 Å². The lowest BCUT2D eigenvalue weighted by molar-refractivity contribution is -0.135. The molecule has 144 valence electrons. The standard InChI is InChI=1S/C15H27F3N6O/c1-12-22-23-13(24(12)2)11-21-14(20-9-6-10-25-3)19-8-5-4-7-15(16,17)18/h4-11H2,1-3H3,(H2,19,20,21). The van der Waals surface area contributed by atoms with Crippen molar-refractivity contribution in [3.05, 3.63) is 11.6 Å². The molecule has 0 unspecified atom stereocenters. The predicted octanol–water partition coefficient (Wildman–Crippen LogP) is 1.93. The lowest BCUT2D eigenvalue weighted by Crippen LogP contribution is -2.38. The number of hydrogen-bond donors (Lipinski definition) is 2. The van der Waals surface area contributed by atoms with Crippen molar-refractivity contribution in [2.24, 2.45) is 12.0 Å². The first-order chi connectivity index (χ1) is 11.8. The van der Waals surface area contributed by atoms with Crippen LogP contribution in [0.15, 0.2) is 4.99 Å². The van der Waals surface area contributed by atoms with Crippen LogP contribution in [0.25, 0.3) is 0 Å². The summed E-state index contributed by atoms with van der Waals surface area (Å²) in [4.78, 5) is 4.42. The van der Waals surface area contributed by atoms with Gasteiger partial charge in [-0.05, 0) is 26.2 Å². The summed E-state index contributed by atoms with van der Waals surface area (Å²) in [5.41, 5.74) is 0. The second-order valence-corrected chi connectivity index (χ2v) is 5.66. The fraction of sp³-hybridized carbons (Fsp3) is 0.800. The van der Waals surface area contributed by atoms with Gasteiger partial charge in [0, 0.05) is 40.3 Å². The molecule has 0 aromatic carbocycles. The smallest absolute Gasteiger partial charge is 0.385 e. The van der Waals surface area contributed by atoms with Crippen LogP contribution < -0.4 is 10.6 Å². The van der Waals surface area contributed by atoms with E-state index in [1.165, 1.54) is 0 Å². The van der Waals surface area contributed by atoms with E-state index in [4.69, 9.17) is 4.74 Å². The molecule has 7 nitrogen and oxygen atoms in total. The molecular formula is C15H27F3N6O. The average Bonchev–Trinajstić information content (AvgIpc) is 2.86. The predicted molar refractivity (Wildman–Crippen MR) is 89.3 cm³/mol. The Labute approximate surface area is 146 Å². The van der Waals surface area contributed by atoms with E-state index in [0.717, 1.165) is 12.2 Å². The summed E-state index contributed by atoms with van der Waals surface area (Å²) in [6, 6.07) is 0. The number of rotatable bonds is 10. The number of methoxy groups -OCH3 is 1. The summed E-state index contributed by atoms with van der Waals surface area (Å²) in [7, 11) is 3.49. The van der Waals surface area contributed by atoms with Crippen LogP contribution in [0.2, 0.25) is 0 Å². The zero-order valence-electron chi connectivity index (χ0n) is 15.0. The molecule has 2 N–H and O–H groups in total. The summed E-state index contributed by atoms with van der Waals surface area (Å²) >= 11 is 0. The van der Waals surface area contributed by atoms with Crippen molar-refractivity contribution >= 4 is 5.96 Å². The number of unbranched alkanes of at least 4 members (excludes halogenated alkanes) is 1. The fourth-order valence-corrected chi connectivity index (χ4v) is 1.99. The summed E-state index contributed by atoms with van der Waals surface area (Å²) < 4.78 is 43.3. The molecule has 0 fully saturated rings. The number of guanidine groups is 1. The molecule has 1 aromatic heterocycles. The van der Waals surface area contributed by atoms with Crippen molar-refractivity contribution in [2.75, 3.05) is 26.8 Å². The van der Waals surface area contributed by atoms with Crippen LogP contribution in [0.3, 0.4) is 0 Å². The third-order valence-corrected chi connectivity index (χ3v) is 3.56. The van der Waals surface area contributed by atoms with E-state index in [1.807, 2.05) is 18.5 Å². The van der Waals surface area contributed by atoms with Gasteiger partial charge in [0.15, 0.2) is 11.8 Å². The minimum Gasteiger partial charge on any atom is -0.385 e. The Morgan fingerprint density at radius 1 is 1.16 bits per heavy atom. The summed E-state index contributed by atoms with van der Waals surface area (Å²) in [5.74, 6) is 2.05. The molecule has 25 heavy (non-hydrogen) atoms. The first-order valence-corrected chi connectivity index (χ1v) is 8.26. The third-order valence-electron chi connectivity index (χ3n) is 3.56. The summed E-state index contributed by atoms with van der Waals surface area (Å²) in [5, 5.41) is 14.2. The van der Waals surface area contributed by atoms with Gasteiger partial charge in [-0.15, -0.1) is 10.2 Å². The number of alkyl halides is 3. The molecule has 0 saturated carbocycles. The molecule has 0 atom stereocenters. The Balaban J connectivity index is 2.47. The van der Waals surface area contributed by atoms with Crippen molar-refractivity contribution in [1.29, 1.82) is 0 Å². The first kappa shape index (κ1) is 21.2. The van der Waals surface area contributed by atoms with Crippen LogP contribution >= 0.6 is 0 Å². The molecule has 0 bridgehead atoms. The second-order valence-electron chi connectivity index (χ2n) is 5.66. The minimum atomic E-state index is -4.10. The van der Waals surface area contributed by atoms with Gasteiger partial charge < -0.3 is 19.9 Å². The van der Waals surface area contributed by atoms with Crippen LogP contribution in [-0.2, 0) is 18.3 Å². The highest BCUT2D eigenvalue weighted by Crippen LogP contribution is 2.21. The number of aryl methyl sites for hydroxylation is 1. The molecule has 0 radical (unpaired) electrons. The second kappa shape index (κ2) is 10.9. The highest BCUT2D eigenvalue weighted by atomic mass is 19.4. The van der Waals surface area contributed by atoms with Crippen LogP contribution in [0, 0.1) is 6.92 Å². The quantitative estimate of drug-likeness (QED) is 0.377. The Morgan fingerprint density at radius 3 is 2.40 bits per heavy atom. The Kier molecular flexibility index (Phi) is 9.25. The van der Waals surface area contributed by atoms with E-state index in [1.54, 1.807) is 7.11 Å². The van der Waals surface area contributed by atoms with Crippen LogP contribution in [-0.4, -0.2) is 53.7 Å². The molecule has 1 aromatic rings. The maximum Gasteiger partial charge on any atom is 0.389 e. The third kappa shape index (κ3) is 9.28. The molecular weight excluding hydrogens is 337 g/mol. The molecule has 0 aliphatic rings. The van der Waals surface area contributed by atoms with E-state index < -0.39 is 12.6 Å². The highest BCUT2D eigenvalue weighted by Gasteiger charge is 2.25. The fourth-order valence-electron chi connectivity index (χ4n) is 1.99. The molecule has 1 heterocycles. The maximum absolute atomic E-state index is 12.1. The first-order valence-electron chi connectivity index (χ1n) is 8.26. The van der Waals surface area contributed by atoms with Gasteiger partial charge in [-0.1, -0.05) is 0 Å². The SMILES string of the molecule is COCCCNC(=NCc1nnc(C)n1C)NCCCCC(F)(F)F. The van der Waals surface area contributed by atoms with Gasteiger partial charge in [0.05, 0.1) is 0 Å². The average molecular weight is 364 g/mol. The Bertz CT molecular complexity index is 530. The van der Waals surface area contributed by atoms with Gasteiger partial charge in [0.2, 0.25) is 0 Å². The summed E-state index contributed by atoms with van der Waals surface area (Å²) in [6.07, 6.45) is -3.55. The minimum absolute atomic E-state index is 0.0932.